The maximum Gasteiger partial charge on any atom is 0.235 e. The molecule has 160 valence electrons. The van der Waals surface area contributed by atoms with Crippen molar-refractivity contribution in [3.05, 3.63) is 53.6 Å². The van der Waals surface area contributed by atoms with E-state index in [1.807, 2.05) is 32.3 Å². The molecule has 1 spiro atoms. The van der Waals surface area contributed by atoms with Crippen LogP contribution in [0.5, 0.6) is 11.5 Å². The maximum atomic E-state index is 13.1. The van der Waals surface area contributed by atoms with Crippen LogP contribution in [-0.2, 0) is 16.8 Å². The van der Waals surface area contributed by atoms with E-state index in [-0.39, 0.29) is 5.91 Å². The predicted octanol–water partition coefficient (Wildman–Crippen LogP) is 3.12. The number of nitrogens with one attached hydrogen (secondary N) is 1. The topological polar surface area (TPSA) is 54.0 Å². The van der Waals surface area contributed by atoms with Gasteiger partial charge in [-0.05, 0) is 57.2 Å². The molecule has 0 saturated carbocycles. The van der Waals surface area contributed by atoms with E-state index in [0.717, 1.165) is 50.3 Å². The van der Waals surface area contributed by atoms with Crippen molar-refractivity contribution in [2.45, 2.75) is 24.8 Å². The minimum absolute atomic E-state index is 0.101. The molecule has 0 aromatic heterocycles. The lowest BCUT2D eigenvalue weighted by Crippen LogP contribution is -2.46. The van der Waals surface area contributed by atoms with Gasteiger partial charge in [0.25, 0.3) is 0 Å². The lowest BCUT2D eigenvalue weighted by molar-refractivity contribution is -0.122. The van der Waals surface area contributed by atoms with E-state index in [1.54, 1.807) is 7.11 Å². The largest absolute Gasteiger partial charge is 0.493 e. The van der Waals surface area contributed by atoms with E-state index in [0.29, 0.717) is 18.1 Å². The van der Waals surface area contributed by atoms with Gasteiger partial charge < -0.3 is 19.7 Å². The van der Waals surface area contributed by atoms with E-state index in [2.05, 4.69) is 39.4 Å². The summed E-state index contributed by atoms with van der Waals surface area (Å²) in [7, 11) is 5.68. The van der Waals surface area contributed by atoms with Gasteiger partial charge in [-0.15, -0.1) is 0 Å². The van der Waals surface area contributed by atoms with Crippen LogP contribution in [0.15, 0.2) is 42.5 Å². The Labute approximate surface area is 178 Å². The number of amides is 1. The first-order valence-corrected chi connectivity index (χ1v) is 10.6. The monoisotopic (exact) mass is 409 g/mol. The fourth-order valence-corrected chi connectivity index (χ4v) is 4.46. The summed E-state index contributed by atoms with van der Waals surface area (Å²) in [6, 6.07) is 14.4. The average molecular weight is 410 g/mol. The van der Waals surface area contributed by atoms with E-state index in [1.165, 1.54) is 5.56 Å². The molecule has 1 fully saturated rings. The lowest BCUT2D eigenvalue weighted by Gasteiger charge is -2.38. The number of benzene rings is 2. The number of anilines is 1. The van der Waals surface area contributed by atoms with Crippen molar-refractivity contribution in [1.82, 2.24) is 9.80 Å². The molecule has 2 aliphatic rings. The third-order valence-electron chi connectivity index (χ3n) is 6.26. The molecule has 1 saturated heterocycles. The van der Waals surface area contributed by atoms with Gasteiger partial charge in [0, 0.05) is 24.8 Å². The third-order valence-corrected chi connectivity index (χ3v) is 6.26. The Morgan fingerprint density at radius 3 is 2.50 bits per heavy atom. The molecule has 0 aliphatic carbocycles. The first kappa shape index (κ1) is 20.7. The van der Waals surface area contributed by atoms with Gasteiger partial charge in [0.15, 0.2) is 11.5 Å². The van der Waals surface area contributed by atoms with E-state index < -0.39 is 5.41 Å². The Balaban J connectivity index is 1.51. The highest BCUT2D eigenvalue weighted by molar-refractivity contribution is 6.06. The van der Waals surface area contributed by atoms with Crippen molar-refractivity contribution in [1.29, 1.82) is 0 Å². The molecule has 2 heterocycles. The summed E-state index contributed by atoms with van der Waals surface area (Å²) in [5.74, 6) is 1.47. The smallest absolute Gasteiger partial charge is 0.235 e. The predicted molar refractivity (Wildman–Crippen MR) is 118 cm³/mol. The number of rotatable bonds is 7. The highest BCUT2D eigenvalue weighted by Crippen LogP contribution is 2.48. The molecule has 6 heteroatoms. The zero-order valence-corrected chi connectivity index (χ0v) is 18.1. The molecule has 30 heavy (non-hydrogen) atoms. The average Bonchev–Trinajstić information content (AvgIpc) is 3.00. The van der Waals surface area contributed by atoms with Gasteiger partial charge in [-0.2, -0.15) is 0 Å². The summed E-state index contributed by atoms with van der Waals surface area (Å²) in [5, 5.41) is 3.11. The van der Waals surface area contributed by atoms with Gasteiger partial charge in [0.2, 0.25) is 5.91 Å². The molecule has 4 rings (SSSR count). The van der Waals surface area contributed by atoms with Gasteiger partial charge in [0.1, 0.15) is 6.61 Å². The molecule has 0 atom stereocenters. The number of fused-ring (bicyclic) bond motifs is 2. The molecule has 2 aromatic rings. The first-order valence-electron chi connectivity index (χ1n) is 10.6. The molecule has 6 nitrogen and oxygen atoms in total. The van der Waals surface area contributed by atoms with Crippen molar-refractivity contribution in [2.24, 2.45) is 0 Å². The molecule has 2 aromatic carbocycles. The quantitative estimate of drug-likeness (QED) is 0.762. The van der Waals surface area contributed by atoms with Gasteiger partial charge in [-0.25, -0.2) is 0 Å². The Bertz CT molecular complexity index is 890. The van der Waals surface area contributed by atoms with Gasteiger partial charge in [0.05, 0.1) is 12.5 Å². The number of likely N-dealkylation sites (N-methyl/N-ethyl adjacent to an activating group) is 1. The Kier molecular flexibility index (Phi) is 5.97. The second kappa shape index (κ2) is 8.66. The number of methoxy groups -OCH3 is 1. The number of piperidine rings is 1. The van der Waals surface area contributed by atoms with E-state index in [9.17, 15) is 4.79 Å². The van der Waals surface area contributed by atoms with Gasteiger partial charge >= 0.3 is 0 Å². The second-order valence-corrected chi connectivity index (χ2v) is 8.50. The fraction of sp³-hybridized carbons (Fsp3) is 0.458. The highest BCUT2D eigenvalue weighted by atomic mass is 16.5. The van der Waals surface area contributed by atoms with Crippen LogP contribution in [0.4, 0.5) is 5.69 Å². The minimum Gasteiger partial charge on any atom is -0.493 e. The van der Waals surface area contributed by atoms with Crippen LogP contribution in [0.2, 0.25) is 0 Å². The van der Waals surface area contributed by atoms with Crippen molar-refractivity contribution in [3.63, 3.8) is 0 Å². The van der Waals surface area contributed by atoms with Gasteiger partial charge in [-0.1, -0.05) is 30.3 Å². The third kappa shape index (κ3) is 4.02. The molecule has 0 unspecified atom stereocenters. The summed E-state index contributed by atoms with van der Waals surface area (Å²) in [6.07, 6.45) is 1.62. The maximum absolute atomic E-state index is 13.1. The molecular weight excluding hydrogens is 378 g/mol. The van der Waals surface area contributed by atoms with Crippen LogP contribution in [0.3, 0.4) is 0 Å². The zero-order chi connectivity index (χ0) is 21.1. The van der Waals surface area contributed by atoms with Crippen LogP contribution in [0.25, 0.3) is 0 Å². The summed E-state index contributed by atoms with van der Waals surface area (Å²) < 4.78 is 11.5. The number of ether oxygens (including phenoxy) is 2. The van der Waals surface area contributed by atoms with Crippen molar-refractivity contribution in [2.75, 3.05) is 52.8 Å². The van der Waals surface area contributed by atoms with Crippen LogP contribution in [0, 0.1) is 0 Å². The minimum atomic E-state index is -0.474. The molecule has 1 amide bonds. The highest BCUT2D eigenvalue weighted by Gasteiger charge is 2.49. The van der Waals surface area contributed by atoms with Crippen LogP contribution in [0.1, 0.15) is 24.0 Å². The fourth-order valence-electron chi connectivity index (χ4n) is 4.46. The lowest BCUT2D eigenvalue weighted by atomic mass is 9.73. The number of likely N-dealkylation sites (tertiary alicyclic amines) is 1. The standard InChI is InChI=1S/C24H31N3O3/c1-26(2)13-14-30-22-16-20-19(15-21(22)29-3)24(23(28)25-20)9-11-27(12-10-24)17-18-7-5-4-6-8-18/h4-8,15-16H,9-14,17H2,1-3H3,(H,25,28). The molecule has 0 bridgehead atoms. The summed E-state index contributed by atoms with van der Waals surface area (Å²) in [5.41, 5.74) is 2.74. The number of carbonyl (C=O) groups is 1. The number of hydrogen-bond acceptors (Lipinski definition) is 5. The number of nitrogens with zero attached hydrogens (tertiary/aromatic N) is 2. The summed E-state index contributed by atoms with van der Waals surface area (Å²) in [6.45, 7) is 4.09. The van der Waals surface area contributed by atoms with Gasteiger partial charge in [-0.3, -0.25) is 9.69 Å². The molecular formula is C24H31N3O3. The summed E-state index contributed by atoms with van der Waals surface area (Å²) >= 11 is 0. The Hall–Kier alpha value is -2.57. The second-order valence-electron chi connectivity index (χ2n) is 8.50. The number of carbonyl (C=O) groups excluding carboxylic acids is 1. The first-order chi connectivity index (χ1) is 14.5. The Morgan fingerprint density at radius 1 is 1.10 bits per heavy atom. The normalized spacial score (nSPS) is 17.8. The summed E-state index contributed by atoms with van der Waals surface area (Å²) in [4.78, 5) is 17.6. The van der Waals surface area contributed by atoms with Crippen molar-refractivity contribution < 1.29 is 14.3 Å². The number of hydrogen-bond donors (Lipinski definition) is 1. The van der Waals surface area contributed by atoms with Crippen LogP contribution >= 0.6 is 0 Å². The van der Waals surface area contributed by atoms with E-state index in [4.69, 9.17) is 9.47 Å². The van der Waals surface area contributed by atoms with E-state index >= 15 is 0 Å². The van der Waals surface area contributed by atoms with Crippen LogP contribution < -0.4 is 14.8 Å². The molecule has 1 N–H and O–H groups in total. The molecule has 0 radical (unpaired) electrons. The van der Waals surface area contributed by atoms with Crippen molar-refractivity contribution >= 4 is 11.6 Å². The Morgan fingerprint density at radius 2 is 1.83 bits per heavy atom. The van der Waals surface area contributed by atoms with Crippen LogP contribution in [-0.4, -0.2) is 63.2 Å². The SMILES string of the molecule is COc1cc2c(cc1OCCN(C)C)NC(=O)C21CCN(Cc2ccccc2)CC1. The molecule has 2 aliphatic heterocycles. The zero-order valence-electron chi connectivity index (χ0n) is 18.1. The van der Waals surface area contributed by atoms with Crippen molar-refractivity contribution in [3.8, 4) is 11.5 Å².